The molecule has 0 spiro atoms. The highest BCUT2D eigenvalue weighted by Gasteiger charge is 2.21. The van der Waals surface area contributed by atoms with Crippen LogP contribution in [0.5, 0.6) is 5.75 Å². The van der Waals surface area contributed by atoms with Crippen molar-refractivity contribution < 1.29 is 4.74 Å². The zero-order chi connectivity index (χ0) is 14.2. The molecule has 0 saturated heterocycles. The third-order valence-electron chi connectivity index (χ3n) is 4.12. The van der Waals surface area contributed by atoms with Gasteiger partial charge in [0.25, 0.3) is 0 Å². The monoisotopic (exact) mass is 276 g/mol. The van der Waals surface area contributed by atoms with Crippen molar-refractivity contribution in [1.29, 1.82) is 0 Å². The largest absolute Gasteiger partial charge is 0.490 e. The summed E-state index contributed by atoms with van der Waals surface area (Å²) in [6.45, 7) is 5.16. The van der Waals surface area contributed by atoms with Gasteiger partial charge >= 0.3 is 0 Å². The van der Waals surface area contributed by atoms with Crippen LogP contribution in [0.15, 0.2) is 18.3 Å². The predicted octanol–water partition coefficient (Wildman–Crippen LogP) is 4.64. The lowest BCUT2D eigenvalue weighted by Gasteiger charge is -2.29. The summed E-state index contributed by atoms with van der Waals surface area (Å²) in [5.74, 6) is 2.75. The van der Waals surface area contributed by atoms with Crippen molar-refractivity contribution in [2.24, 2.45) is 5.92 Å². The summed E-state index contributed by atoms with van der Waals surface area (Å²) in [4.78, 5) is 4.44. The maximum Gasteiger partial charge on any atom is 0.168 e. The Morgan fingerprint density at radius 3 is 2.70 bits per heavy atom. The molecule has 1 heterocycles. The molecule has 1 aliphatic carbocycles. The van der Waals surface area contributed by atoms with Gasteiger partial charge in [0, 0.05) is 12.2 Å². The molecule has 1 aliphatic rings. The molecule has 0 unspecified atom stereocenters. The highest BCUT2D eigenvalue weighted by molar-refractivity contribution is 5.50. The van der Waals surface area contributed by atoms with E-state index < -0.39 is 0 Å². The Balaban J connectivity index is 1.87. The number of nitrogens with zero attached hydrogens (tertiary/aromatic N) is 1. The van der Waals surface area contributed by atoms with Gasteiger partial charge in [-0.15, -0.1) is 0 Å². The normalized spacial score (nSPS) is 22.5. The van der Waals surface area contributed by atoms with E-state index in [0.29, 0.717) is 6.04 Å². The summed E-state index contributed by atoms with van der Waals surface area (Å²) >= 11 is 0. The summed E-state index contributed by atoms with van der Waals surface area (Å²) in [5.41, 5.74) is 0. The second-order valence-corrected chi connectivity index (χ2v) is 5.85. The van der Waals surface area contributed by atoms with Crippen LogP contribution in [-0.2, 0) is 0 Å². The molecule has 3 heteroatoms. The van der Waals surface area contributed by atoms with Gasteiger partial charge in [0.1, 0.15) is 0 Å². The molecule has 112 valence electrons. The number of anilines is 1. The molecule has 1 aromatic rings. The van der Waals surface area contributed by atoms with Crippen molar-refractivity contribution in [2.75, 3.05) is 11.9 Å². The van der Waals surface area contributed by atoms with E-state index in [9.17, 15) is 0 Å². The van der Waals surface area contributed by atoms with Crippen LogP contribution in [-0.4, -0.2) is 17.6 Å². The van der Waals surface area contributed by atoms with Crippen molar-refractivity contribution in [3.63, 3.8) is 0 Å². The summed E-state index contributed by atoms with van der Waals surface area (Å²) in [7, 11) is 0. The molecule has 20 heavy (non-hydrogen) atoms. The smallest absolute Gasteiger partial charge is 0.168 e. The van der Waals surface area contributed by atoms with Crippen molar-refractivity contribution in [2.45, 2.75) is 64.8 Å². The first-order valence-corrected chi connectivity index (χ1v) is 8.17. The third-order valence-corrected chi connectivity index (χ3v) is 4.12. The van der Waals surface area contributed by atoms with Crippen LogP contribution in [0.25, 0.3) is 0 Å². The quantitative estimate of drug-likeness (QED) is 0.787. The molecule has 1 aromatic heterocycles. The first kappa shape index (κ1) is 15.1. The first-order valence-electron chi connectivity index (χ1n) is 8.17. The maximum atomic E-state index is 5.76. The van der Waals surface area contributed by atoms with Crippen LogP contribution in [0, 0.1) is 5.92 Å². The Kier molecular flexibility index (Phi) is 6.16. The van der Waals surface area contributed by atoms with Gasteiger partial charge in [-0.25, -0.2) is 4.98 Å². The highest BCUT2D eigenvalue weighted by Crippen LogP contribution is 2.31. The summed E-state index contributed by atoms with van der Waals surface area (Å²) in [6.07, 6.45) is 10.8. The van der Waals surface area contributed by atoms with E-state index in [-0.39, 0.29) is 0 Å². The van der Waals surface area contributed by atoms with Crippen LogP contribution >= 0.6 is 0 Å². The average molecular weight is 276 g/mol. The van der Waals surface area contributed by atoms with Gasteiger partial charge in [0.05, 0.1) is 6.61 Å². The van der Waals surface area contributed by atoms with Gasteiger partial charge in [-0.2, -0.15) is 0 Å². The molecule has 1 N–H and O–H groups in total. The molecule has 3 nitrogen and oxygen atoms in total. The predicted molar refractivity (Wildman–Crippen MR) is 84.3 cm³/mol. The Labute approximate surface area is 123 Å². The lowest BCUT2D eigenvalue weighted by atomic mass is 9.83. The minimum atomic E-state index is 0.557. The van der Waals surface area contributed by atoms with E-state index in [1.165, 1.54) is 38.5 Å². The lowest BCUT2D eigenvalue weighted by Crippen LogP contribution is -2.26. The van der Waals surface area contributed by atoms with E-state index in [1.807, 2.05) is 18.3 Å². The number of nitrogens with one attached hydrogen (secondary N) is 1. The molecular formula is C17H28N2O. The van der Waals surface area contributed by atoms with Crippen LogP contribution in [0.1, 0.15) is 58.8 Å². The fourth-order valence-corrected chi connectivity index (χ4v) is 3.02. The Morgan fingerprint density at radius 1 is 1.20 bits per heavy atom. The molecule has 2 rings (SSSR count). The van der Waals surface area contributed by atoms with Gasteiger partial charge in [-0.05, 0) is 50.2 Å². The Bertz CT molecular complexity index is 386. The average Bonchev–Trinajstić information content (AvgIpc) is 2.49. The molecule has 0 aliphatic heterocycles. The van der Waals surface area contributed by atoms with Crippen molar-refractivity contribution in [3.05, 3.63) is 18.3 Å². The van der Waals surface area contributed by atoms with E-state index in [4.69, 9.17) is 4.74 Å². The van der Waals surface area contributed by atoms with E-state index >= 15 is 0 Å². The molecule has 0 amide bonds. The molecule has 1 fully saturated rings. The van der Waals surface area contributed by atoms with Gasteiger partial charge in [0.2, 0.25) is 0 Å². The number of ether oxygens (including phenoxy) is 1. The SMILES string of the molecule is CCCOc1cccnc1NC1CCC(CCC)CC1. The zero-order valence-electron chi connectivity index (χ0n) is 12.9. The van der Waals surface area contributed by atoms with Crippen LogP contribution in [0.3, 0.4) is 0 Å². The molecule has 0 aromatic carbocycles. The topological polar surface area (TPSA) is 34.1 Å². The molecule has 0 bridgehead atoms. The van der Waals surface area contributed by atoms with Crippen LogP contribution in [0.2, 0.25) is 0 Å². The second-order valence-electron chi connectivity index (χ2n) is 5.85. The Morgan fingerprint density at radius 2 is 2.00 bits per heavy atom. The van der Waals surface area contributed by atoms with Gasteiger partial charge in [0.15, 0.2) is 11.6 Å². The van der Waals surface area contributed by atoms with Crippen LogP contribution < -0.4 is 10.1 Å². The summed E-state index contributed by atoms with van der Waals surface area (Å²) in [5, 5.41) is 3.58. The standard InChI is InChI=1S/C17H28N2O/c1-3-6-14-8-10-15(11-9-14)19-17-16(20-13-4-2)7-5-12-18-17/h5,7,12,14-15H,3-4,6,8-11,13H2,1-2H3,(H,18,19). The summed E-state index contributed by atoms with van der Waals surface area (Å²) in [6, 6.07) is 4.50. The number of rotatable bonds is 7. The number of hydrogen-bond donors (Lipinski definition) is 1. The van der Waals surface area contributed by atoms with E-state index in [1.54, 1.807) is 0 Å². The zero-order valence-corrected chi connectivity index (χ0v) is 12.9. The molecule has 0 radical (unpaired) electrons. The highest BCUT2D eigenvalue weighted by atomic mass is 16.5. The van der Waals surface area contributed by atoms with Gasteiger partial charge in [-0.3, -0.25) is 0 Å². The number of aromatic nitrogens is 1. The third kappa shape index (κ3) is 4.39. The second kappa shape index (κ2) is 8.13. The maximum absolute atomic E-state index is 5.76. The number of pyridine rings is 1. The summed E-state index contributed by atoms with van der Waals surface area (Å²) < 4.78 is 5.76. The van der Waals surface area contributed by atoms with Crippen LogP contribution in [0.4, 0.5) is 5.82 Å². The number of hydrogen-bond acceptors (Lipinski definition) is 3. The molecular weight excluding hydrogens is 248 g/mol. The van der Waals surface area contributed by atoms with Crippen molar-refractivity contribution in [1.82, 2.24) is 4.98 Å². The first-order chi connectivity index (χ1) is 9.83. The van der Waals surface area contributed by atoms with E-state index in [0.717, 1.165) is 30.5 Å². The minimum Gasteiger partial charge on any atom is -0.490 e. The lowest BCUT2D eigenvalue weighted by molar-refractivity contribution is 0.309. The fourth-order valence-electron chi connectivity index (χ4n) is 3.02. The van der Waals surface area contributed by atoms with Crippen molar-refractivity contribution >= 4 is 5.82 Å². The fraction of sp³-hybridized carbons (Fsp3) is 0.706. The van der Waals surface area contributed by atoms with E-state index in [2.05, 4.69) is 24.1 Å². The molecule has 1 saturated carbocycles. The van der Waals surface area contributed by atoms with Gasteiger partial charge in [-0.1, -0.05) is 26.7 Å². The van der Waals surface area contributed by atoms with Crippen molar-refractivity contribution in [3.8, 4) is 5.75 Å². The Hall–Kier alpha value is -1.25. The van der Waals surface area contributed by atoms with Gasteiger partial charge < -0.3 is 10.1 Å². The minimum absolute atomic E-state index is 0.557. The molecule has 0 atom stereocenters.